The molecule has 11 heteroatoms. The Labute approximate surface area is 189 Å². The van der Waals surface area contributed by atoms with Crippen molar-refractivity contribution in [3.05, 3.63) is 47.1 Å². The first-order valence-electron chi connectivity index (χ1n) is 9.89. The summed E-state index contributed by atoms with van der Waals surface area (Å²) < 4.78 is 16.3. The Hall–Kier alpha value is -3.37. The van der Waals surface area contributed by atoms with Crippen LogP contribution in [0.3, 0.4) is 0 Å². The number of methoxy groups -OCH3 is 2. The van der Waals surface area contributed by atoms with E-state index in [1.165, 1.54) is 25.1 Å². The van der Waals surface area contributed by atoms with Crippen LogP contribution in [0.25, 0.3) is 17.2 Å². The first kappa shape index (κ1) is 21.8. The minimum absolute atomic E-state index is 0.156. The molecule has 1 aromatic carbocycles. The molecule has 1 unspecified atom stereocenters. The number of pyridine rings is 1. The van der Waals surface area contributed by atoms with Crippen LogP contribution in [0.1, 0.15) is 5.56 Å². The van der Waals surface area contributed by atoms with Crippen molar-refractivity contribution in [3.63, 3.8) is 0 Å². The first-order valence-corrected chi connectivity index (χ1v) is 10.3. The second-order valence-electron chi connectivity index (χ2n) is 6.92. The minimum atomic E-state index is -0.311. The molecule has 1 amide bonds. The third-order valence-electron chi connectivity index (χ3n) is 4.93. The van der Waals surface area contributed by atoms with E-state index in [4.69, 9.17) is 30.6 Å². The van der Waals surface area contributed by atoms with Crippen molar-refractivity contribution in [2.45, 2.75) is 6.10 Å². The molecule has 0 radical (unpaired) electrons. The van der Waals surface area contributed by atoms with Crippen molar-refractivity contribution in [2.75, 3.05) is 40.5 Å². The summed E-state index contributed by atoms with van der Waals surface area (Å²) in [6.45, 7) is 1.46. The number of ether oxygens (including phenoxy) is 3. The lowest BCUT2D eigenvalue weighted by Crippen LogP contribution is -2.47. The molecule has 32 heavy (non-hydrogen) atoms. The number of morpholine rings is 1. The number of fused-ring (bicyclic) bond motifs is 1. The van der Waals surface area contributed by atoms with Crippen LogP contribution in [0.2, 0.25) is 5.02 Å². The zero-order chi connectivity index (χ0) is 22.5. The number of rotatable bonds is 7. The molecule has 1 aliphatic heterocycles. The van der Waals surface area contributed by atoms with Gasteiger partial charge in [0.1, 0.15) is 18.2 Å². The number of hydrogen-bond donors (Lipinski definition) is 0. The average molecular weight is 460 g/mol. The van der Waals surface area contributed by atoms with Crippen LogP contribution in [0.4, 0.5) is 0 Å². The Balaban J connectivity index is 1.37. The molecule has 10 nitrogen and oxygen atoms in total. The second-order valence-corrected chi connectivity index (χ2v) is 7.30. The number of halogens is 1. The van der Waals surface area contributed by atoms with E-state index in [1.807, 2.05) is 0 Å². The summed E-state index contributed by atoms with van der Waals surface area (Å²) in [5, 5.41) is 8.30. The molecular formula is C21H22ClN5O5. The first-order chi connectivity index (χ1) is 15.6. The quantitative estimate of drug-likeness (QED) is 0.493. The smallest absolute Gasteiger partial charge is 0.246 e. The highest BCUT2D eigenvalue weighted by molar-refractivity contribution is 6.33. The summed E-state index contributed by atoms with van der Waals surface area (Å²) in [6, 6.07) is 7.07. The molecule has 1 fully saturated rings. The van der Waals surface area contributed by atoms with E-state index < -0.39 is 0 Å². The van der Waals surface area contributed by atoms with Crippen molar-refractivity contribution < 1.29 is 23.8 Å². The summed E-state index contributed by atoms with van der Waals surface area (Å²) in [4.78, 5) is 25.6. The van der Waals surface area contributed by atoms with Gasteiger partial charge in [0.2, 0.25) is 11.6 Å². The Morgan fingerprint density at radius 3 is 3.00 bits per heavy atom. The predicted molar refractivity (Wildman–Crippen MR) is 117 cm³/mol. The van der Waals surface area contributed by atoms with Crippen LogP contribution < -0.4 is 14.3 Å². The normalized spacial score (nSPS) is 16.5. The molecule has 1 atom stereocenters. The number of nitrogens with zero attached hydrogens (tertiary/aromatic N) is 5. The minimum Gasteiger partial charge on any atom is -0.493 e. The molecule has 168 valence electrons. The Kier molecular flexibility index (Phi) is 6.72. The SMILES string of the molecule is COc1ccc(/C=C/C(=O)N2CCOC(COn3nnc4cccnc43)C2)c(Cl)c1OC. The lowest BCUT2D eigenvalue weighted by atomic mass is 10.1. The molecule has 0 saturated carbocycles. The van der Waals surface area contributed by atoms with Crippen LogP contribution in [-0.4, -0.2) is 77.6 Å². The summed E-state index contributed by atoms with van der Waals surface area (Å²) in [6.07, 6.45) is 4.46. The largest absolute Gasteiger partial charge is 0.493 e. The maximum atomic E-state index is 12.7. The van der Waals surface area contributed by atoms with Gasteiger partial charge in [-0.3, -0.25) is 4.79 Å². The van der Waals surface area contributed by atoms with Crippen molar-refractivity contribution >= 4 is 34.7 Å². The van der Waals surface area contributed by atoms with E-state index >= 15 is 0 Å². The number of amides is 1. The lowest BCUT2D eigenvalue weighted by molar-refractivity contribution is -0.136. The van der Waals surface area contributed by atoms with Gasteiger partial charge >= 0.3 is 0 Å². The molecule has 0 aliphatic carbocycles. The molecule has 3 heterocycles. The second kappa shape index (κ2) is 9.84. The van der Waals surface area contributed by atoms with E-state index in [0.29, 0.717) is 52.9 Å². The van der Waals surface area contributed by atoms with Crippen LogP contribution >= 0.6 is 11.6 Å². The summed E-state index contributed by atoms with van der Waals surface area (Å²) in [5.41, 5.74) is 1.80. The molecule has 2 aromatic heterocycles. The third kappa shape index (κ3) is 4.61. The standard InChI is InChI=1S/C21H22ClN5O5/c1-29-17-7-5-14(19(22)20(17)30-2)6-8-18(28)26-10-11-31-15(12-26)13-32-27-21-16(24-25-27)4-3-9-23-21/h3-9,15H,10-13H2,1-2H3/b8-6+. The van der Waals surface area contributed by atoms with E-state index in [1.54, 1.807) is 41.4 Å². The van der Waals surface area contributed by atoms with E-state index in [0.717, 1.165) is 0 Å². The van der Waals surface area contributed by atoms with Crippen molar-refractivity contribution in [1.29, 1.82) is 0 Å². The number of carbonyl (C=O) groups excluding carboxylic acids is 1. The maximum absolute atomic E-state index is 12.7. The Bertz CT molecular complexity index is 1130. The molecule has 3 aromatic rings. The van der Waals surface area contributed by atoms with Gasteiger partial charge in [-0.1, -0.05) is 16.4 Å². The zero-order valence-electron chi connectivity index (χ0n) is 17.6. The number of aromatic nitrogens is 4. The van der Waals surface area contributed by atoms with Gasteiger partial charge in [-0.2, -0.15) is 0 Å². The molecular weight excluding hydrogens is 438 g/mol. The highest BCUT2D eigenvalue weighted by Gasteiger charge is 2.24. The molecule has 4 rings (SSSR count). The van der Waals surface area contributed by atoms with Gasteiger partial charge in [0, 0.05) is 18.8 Å². The molecule has 0 bridgehead atoms. The fraction of sp³-hybridized carbons (Fsp3) is 0.333. The monoisotopic (exact) mass is 459 g/mol. The van der Waals surface area contributed by atoms with Gasteiger partial charge in [0.05, 0.1) is 32.4 Å². The van der Waals surface area contributed by atoms with Gasteiger partial charge < -0.3 is 23.9 Å². The fourth-order valence-corrected chi connectivity index (χ4v) is 3.60. The number of carbonyl (C=O) groups is 1. The van der Waals surface area contributed by atoms with Crippen molar-refractivity contribution in [2.24, 2.45) is 0 Å². The summed E-state index contributed by atoms with van der Waals surface area (Å²) >= 11 is 6.38. The lowest BCUT2D eigenvalue weighted by Gasteiger charge is -2.31. The molecule has 1 saturated heterocycles. The van der Waals surface area contributed by atoms with E-state index in [9.17, 15) is 4.79 Å². The average Bonchev–Trinajstić information content (AvgIpc) is 3.25. The zero-order valence-corrected chi connectivity index (χ0v) is 18.4. The fourth-order valence-electron chi connectivity index (χ4n) is 3.31. The van der Waals surface area contributed by atoms with Crippen molar-refractivity contribution in [1.82, 2.24) is 25.0 Å². The highest BCUT2D eigenvalue weighted by atomic mass is 35.5. The van der Waals surface area contributed by atoms with Crippen LogP contribution in [0, 0.1) is 0 Å². The predicted octanol–water partition coefficient (Wildman–Crippen LogP) is 1.87. The van der Waals surface area contributed by atoms with E-state index in [2.05, 4.69) is 15.3 Å². The van der Waals surface area contributed by atoms with Gasteiger partial charge in [-0.05, 0) is 41.1 Å². The van der Waals surface area contributed by atoms with Gasteiger partial charge in [0.15, 0.2) is 11.5 Å². The van der Waals surface area contributed by atoms with Gasteiger partial charge in [-0.15, -0.1) is 5.10 Å². The number of benzene rings is 1. The Morgan fingerprint density at radius 2 is 2.19 bits per heavy atom. The molecule has 0 spiro atoms. The van der Waals surface area contributed by atoms with Gasteiger partial charge in [0.25, 0.3) is 0 Å². The summed E-state index contributed by atoms with van der Waals surface area (Å²) in [5.74, 6) is 0.784. The summed E-state index contributed by atoms with van der Waals surface area (Å²) in [7, 11) is 3.05. The van der Waals surface area contributed by atoms with Gasteiger partial charge in [-0.25, -0.2) is 4.98 Å². The van der Waals surface area contributed by atoms with Crippen molar-refractivity contribution in [3.8, 4) is 11.5 Å². The third-order valence-corrected chi connectivity index (χ3v) is 5.32. The molecule has 1 aliphatic rings. The maximum Gasteiger partial charge on any atom is 0.246 e. The van der Waals surface area contributed by atoms with Crippen LogP contribution in [0.15, 0.2) is 36.5 Å². The topological polar surface area (TPSA) is 101 Å². The number of hydrogen-bond acceptors (Lipinski definition) is 8. The van der Waals surface area contributed by atoms with Crippen LogP contribution in [0.5, 0.6) is 11.5 Å². The molecule has 0 N–H and O–H groups in total. The van der Waals surface area contributed by atoms with Crippen LogP contribution in [-0.2, 0) is 9.53 Å². The van der Waals surface area contributed by atoms with E-state index in [-0.39, 0.29) is 18.6 Å². The Morgan fingerprint density at radius 1 is 1.31 bits per heavy atom. The highest BCUT2D eigenvalue weighted by Crippen LogP contribution is 2.37.